The molecule has 0 aliphatic heterocycles. The van der Waals surface area contributed by atoms with Gasteiger partial charge in [0.2, 0.25) is 11.8 Å². The number of ether oxygens (including phenoxy) is 1. The van der Waals surface area contributed by atoms with Crippen LogP contribution < -0.4 is 10.5 Å². The number of hydrogen-bond donors (Lipinski definition) is 1. The van der Waals surface area contributed by atoms with Crippen molar-refractivity contribution < 1.29 is 4.74 Å². The maximum Gasteiger partial charge on any atom is 0.224 e. The van der Waals surface area contributed by atoms with Gasteiger partial charge in [0.1, 0.15) is 5.75 Å². The first-order valence-corrected chi connectivity index (χ1v) is 5.70. The third kappa shape index (κ3) is 2.85. The van der Waals surface area contributed by atoms with E-state index in [9.17, 15) is 0 Å². The molecular weight excluding hydrogens is 226 g/mol. The summed E-state index contributed by atoms with van der Waals surface area (Å²) in [5.74, 6) is 1.42. The maximum atomic E-state index is 5.74. The molecule has 0 saturated heterocycles. The number of para-hydroxylation sites is 1. The molecule has 1 aromatic carbocycles. The normalized spacial score (nSPS) is 10.8. The quantitative estimate of drug-likeness (QED) is 0.896. The lowest BCUT2D eigenvalue weighted by Crippen LogP contribution is -1.99. The minimum absolute atomic E-state index is 0.216. The number of anilines is 1. The molecular formula is C14H15N3O. The SMILES string of the molecule is C/C=C/c1ccccc1Oc1cc(C)nc(N)n1. The van der Waals surface area contributed by atoms with Gasteiger partial charge in [-0.3, -0.25) is 0 Å². The number of aromatic nitrogens is 2. The zero-order valence-electron chi connectivity index (χ0n) is 10.4. The summed E-state index contributed by atoms with van der Waals surface area (Å²) in [7, 11) is 0. The fourth-order valence-electron chi connectivity index (χ4n) is 1.62. The van der Waals surface area contributed by atoms with Gasteiger partial charge >= 0.3 is 0 Å². The molecule has 0 amide bonds. The predicted octanol–water partition coefficient (Wildman–Crippen LogP) is 3.19. The van der Waals surface area contributed by atoms with Gasteiger partial charge in [-0.05, 0) is 19.9 Å². The number of nitrogens with zero attached hydrogens (tertiary/aromatic N) is 2. The van der Waals surface area contributed by atoms with Gasteiger partial charge in [-0.15, -0.1) is 0 Å². The first-order chi connectivity index (χ1) is 8.69. The summed E-state index contributed by atoms with van der Waals surface area (Å²) in [6, 6.07) is 9.50. The van der Waals surface area contributed by atoms with Crippen molar-refractivity contribution in [1.82, 2.24) is 9.97 Å². The summed E-state index contributed by atoms with van der Waals surface area (Å²) in [5, 5.41) is 0. The summed E-state index contributed by atoms with van der Waals surface area (Å²) in [4.78, 5) is 8.06. The summed E-state index contributed by atoms with van der Waals surface area (Å²) in [6.07, 6.45) is 3.94. The van der Waals surface area contributed by atoms with Crippen molar-refractivity contribution in [2.24, 2.45) is 0 Å². The smallest absolute Gasteiger partial charge is 0.224 e. The van der Waals surface area contributed by atoms with Gasteiger partial charge in [0, 0.05) is 17.3 Å². The van der Waals surface area contributed by atoms with Crippen molar-refractivity contribution in [3.8, 4) is 11.6 Å². The van der Waals surface area contributed by atoms with Crippen LogP contribution in [-0.2, 0) is 0 Å². The topological polar surface area (TPSA) is 61.0 Å². The molecule has 0 fully saturated rings. The Bertz CT molecular complexity index is 559. The molecule has 4 heteroatoms. The Morgan fingerprint density at radius 1 is 1.22 bits per heavy atom. The largest absolute Gasteiger partial charge is 0.438 e. The second-order valence-electron chi connectivity index (χ2n) is 3.85. The van der Waals surface area contributed by atoms with Gasteiger partial charge in [0.15, 0.2) is 0 Å². The van der Waals surface area contributed by atoms with Crippen LogP contribution in [0, 0.1) is 6.92 Å². The van der Waals surface area contributed by atoms with E-state index in [1.54, 1.807) is 6.07 Å². The Morgan fingerprint density at radius 3 is 2.72 bits per heavy atom. The predicted molar refractivity (Wildman–Crippen MR) is 72.4 cm³/mol. The van der Waals surface area contributed by atoms with E-state index in [1.807, 2.05) is 50.3 Å². The molecule has 2 rings (SSSR count). The van der Waals surface area contributed by atoms with Crippen molar-refractivity contribution in [1.29, 1.82) is 0 Å². The number of rotatable bonds is 3. The van der Waals surface area contributed by atoms with Gasteiger partial charge in [-0.2, -0.15) is 4.98 Å². The summed E-state index contributed by atoms with van der Waals surface area (Å²) in [5.41, 5.74) is 7.37. The van der Waals surface area contributed by atoms with E-state index in [0.717, 1.165) is 17.0 Å². The van der Waals surface area contributed by atoms with E-state index >= 15 is 0 Å². The molecule has 0 atom stereocenters. The van der Waals surface area contributed by atoms with Crippen LogP contribution in [0.15, 0.2) is 36.4 Å². The van der Waals surface area contributed by atoms with Crippen molar-refractivity contribution in [2.75, 3.05) is 5.73 Å². The molecule has 1 heterocycles. The van der Waals surface area contributed by atoms with Crippen molar-refractivity contribution >= 4 is 12.0 Å². The Morgan fingerprint density at radius 2 is 2.00 bits per heavy atom. The first kappa shape index (κ1) is 12.1. The summed E-state index contributed by atoms with van der Waals surface area (Å²) < 4.78 is 5.74. The lowest BCUT2D eigenvalue weighted by atomic mass is 10.2. The molecule has 0 saturated carbocycles. The van der Waals surface area contributed by atoms with Crippen LogP contribution in [0.4, 0.5) is 5.95 Å². The molecule has 0 spiro atoms. The van der Waals surface area contributed by atoms with Crippen LogP contribution in [0.5, 0.6) is 11.6 Å². The maximum absolute atomic E-state index is 5.74. The van der Waals surface area contributed by atoms with Gasteiger partial charge in [0.25, 0.3) is 0 Å². The van der Waals surface area contributed by atoms with Crippen LogP contribution in [-0.4, -0.2) is 9.97 Å². The highest BCUT2D eigenvalue weighted by Crippen LogP contribution is 2.25. The van der Waals surface area contributed by atoms with Crippen LogP contribution >= 0.6 is 0 Å². The number of aryl methyl sites for hydroxylation is 1. The average Bonchev–Trinajstić information content (AvgIpc) is 2.30. The lowest BCUT2D eigenvalue weighted by molar-refractivity contribution is 0.461. The zero-order valence-corrected chi connectivity index (χ0v) is 10.4. The second-order valence-corrected chi connectivity index (χ2v) is 3.85. The molecule has 1 aromatic heterocycles. The Labute approximate surface area is 106 Å². The number of nitrogens with two attached hydrogens (primary N) is 1. The highest BCUT2D eigenvalue weighted by atomic mass is 16.5. The van der Waals surface area contributed by atoms with E-state index in [4.69, 9.17) is 10.5 Å². The van der Waals surface area contributed by atoms with Crippen LogP contribution in [0.25, 0.3) is 6.08 Å². The van der Waals surface area contributed by atoms with Crippen LogP contribution in [0.2, 0.25) is 0 Å². The second kappa shape index (κ2) is 5.31. The lowest BCUT2D eigenvalue weighted by Gasteiger charge is -2.08. The molecule has 2 N–H and O–H groups in total. The zero-order chi connectivity index (χ0) is 13.0. The molecule has 0 unspecified atom stereocenters. The fourth-order valence-corrected chi connectivity index (χ4v) is 1.62. The number of allylic oxidation sites excluding steroid dienone is 1. The standard InChI is InChI=1S/C14H15N3O/c1-3-6-11-7-4-5-8-12(11)18-13-9-10(2)16-14(15)17-13/h3-9H,1-2H3,(H2,15,16,17)/b6-3+. The van der Waals surface area contributed by atoms with Gasteiger partial charge in [-0.1, -0.05) is 30.4 Å². The van der Waals surface area contributed by atoms with Crippen LogP contribution in [0.1, 0.15) is 18.2 Å². The number of nitrogen functional groups attached to an aromatic ring is 1. The van der Waals surface area contributed by atoms with Crippen LogP contribution in [0.3, 0.4) is 0 Å². The van der Waals surface area contributed by atoms with Gasteiger partial charge in [-0.25, -0.2) is 4.98 Å². The Hall–Kier alpha value is -2.36. The monoisotopic (exact) mass is 241 g/mol. The highest BCUT2D eigenvalue weighted by molar-refractivity contribution is 5.57. The van der Waals surface area contributed by atoms with E-state index in [-0.39, 0.29) is 5.95 Å². The number of benzene rings is 1. The fraction of sp³-hybridized carbons (Fsp3) is 0.143. The highest BCUT2D eigenvalue weighted by Gasteiger charge is 2.04. The summed E-state index contributed by atoms with van der Waals surface area (Å²) >= 11 is 0. The van der Waals surface area contributed by atoms with Crippen molar-refractivity contribution in [3.63, 3.8) is 0 Å². The van der Waals surface area contributed by atoms with E-state index in [2.05, 4.69) is 9.97 Å². The Kier molecular flexibility index (Phi) is 3.57. The molecule has 0 aliphatic carbocycles. The van der Waals surface area contributed by atoms with Crippen molar-refractivity contribution in [3.05, 3.63) is 47.7 Å². The molecule has 0 bridgehead atoms. The van der Waals surface area contributed by atoms with E-state index < -0.39 is 0 Å². The summed E-state index contributed by atoms with van der Waals surface area (Å²) in [6.45, 7) is 3.81. The third-order valence-corrected chi connectivity index (χ3v) is 2.33. The minimum atomic E-state index is 0.216. The molecule has 0 aliphatic rings. The molecule has 18 heavy (non-hydrogen) atoms. The number of hydrogen-bond acceptors (Lipinski definition) is 4. The van der Waals surface area contributed by atoms with Gasteiger partial charge < -0.3 is 10.5 Å². The molecule has 4 nitrogen and oxygen atoms in total. The third-order valence-electron chi connectivity index (χ3n) is 2.33. The first-order valence-electron chi connectivity index (χ1n) is 5.70. The Balaban J connectivity index is 2.33. The molecule has 0 radical (unpaired) electrons. The average molecular weight is 241 g/mol. The molecule has 92 valence electrons. The van der Waals surface area contributed by atoms with Crippen molar-refractivity contribution in [2.45, 2.75) is 13.8 Å². The minimum Gasteiger partial charge on any atom is -0.438 e. The van der Waals surface area contributed by atoms with E-state index in [0.29, 0.717) is 5.88 Å². The molecule has 2 aromatic rings. The van der Waals surface area contributed by atoms with Gasteiger partial charge in [0.05, 0.1) is 0 Å². The van der Waals surface area contributed by atoms with E-state index in [1.165, 1.54) is 0 Å².